The Bertz CT molecular complexity index is 484. The molecule has 3 nitrogen and oxygen atoms in total. The number of rotatable bonds is 1. The summed E-state index contributed by atoms with van der Waals surface area (Å²) >= 11 is 3.28. The summed E-state index contributed by atoms with van der Waals surface area (Å²) in [7, 11) is 0. The summed E-state index contributed by atoms with van der Waals surface area (Å²) in [5, 5.41) is 9.31. The second-order valence-corrected chi connectivity index (χ2v) is 3.30. The lowest BCUT2D eigenvalue weighted by molar-refractivity contribution is 0.509. The average molecular weight is 237 g/mol. The van der Waals surface area contributed by atoms with Crippen LogP contribution >= 0.6 is 15.9 Å². The number of H-pyrrole nitrogens is 1. The summed E-state index contributed by atoms with van der Waals surface area (Å²) in [6, 6.07) is 7.63. The maximum Gasteiger partial charge on any atom is 0.292 e. The number of nitrogens with zero attached hydrogens (tertiary/aromatic N) is 1. The number of halogens is 1. The lowest BCUT2D eigenvalue weighted by Crippen LogP contribution is -1.79. The van der Waals surface area contributed by atoms with Crippen molar-refractivity contribution >= 4 is 26.8 Å². The number of fused-ring (bicyclic) bond motifs is 1. The smallest absolute Gasteiger partial charge is 0.292 e. The Hall–Kier alpha value is -1.47. The molecule has 0 aliphatic heterocycles. The minimum Gasteiger partial charge on any atom is -0.384 e. The van der Waals surface area contributed by atoms with Crippen LogP contribution in [0.5, 0.6) is 5.75 Å². The quantitative estimate of drug-likeness (QED) is 0.775. The van der Waals surface area contributed by atoms with Crippen molar-refractivity contribution in [2.45, 2.75) is 0 Å². The van der Waals surface area contributed by atoms with Gasteiger partial charge in [0.05, 0.1) is 5.52 Å². The predicted molar refractivity (Wildman–Crippen MR) is 52.2 cm³/mol. The highest BCUT2D eigenvalue weighted by molar-refractivity contribution is 9.10. The molecular formula is C9H5BrN2O. The monoisotopic (exact) mass is 236 g/mol. The normalized spacial score (nSPS) is 9.85. The molecule has 1 aromatic carbocycles. The number of ether oxygens (including phenoxy) is 1. The van der Waals surface area contributed by atoms with Crippen LogP contribution in [0.4, 0.5) is 0 Å². The van der Waals surface area contributed by atoms with Gasteiger partial charge >= 0.3 is 0 Å². The summed E-state index contributed by atoms with van der Waals surface area (Å²) in [6.07, 6.45) is 1.65. The number of benzene rings is 1. The van der Waals surface area contributed by atoms with Crippen molar-refractivity contribution in [3.05, 3.63) is 28.9 Å². The molecule has 0 bridgehead atoms. The van der Waals surface area contributed by atoms with Crippen LogP contribution in [0, 0.1) is 11.5 Å². The topological polar surface area (TPSA) is 48.8 Å². The van der Waals surface area contributed by atoms with E-state index in [4.69, 9.17) is 10.00 Å². The van der Waals surface area contributed by atoms with Gasteiger partial charge in [-0.05, 0) is 28.1 Å². The molecule has 0 aliphatic rings. The molecule has 0 spiro atoms. The first kappa shape index (κ1) is 8.14. The number of hydrogen-bond acceptors (Lipinski definition) is 2. The third-order valence-electron chi connectivity index (χ3n) is 1.76. The summed E-state index contributed by atoms with van der Waals surface area (Å²) < 4.78 is 5.51. The highest BCUT2D eigenvalue weighted by Crippen LogP contribution is 2.33. The van der Waals surface area contributed by atoms with Crippen LogP contribution in [-0.2, 0) is 0 Å². The fraction of sp³-hybridized carbons (Fsp3) is 0. The van der Waals surface area contributed by atoms with Crippen molar-refractivity contribution in [3.8, 4) is 12.0 Å². The van der Waals surface area contributed by atoms with Crippen molar-refractivity contribution in [2.75, 3.05) is 0 Å². The number of hydrogen-bond donors (Lipinski definition) is 1. The Kier molecular flexibility index (Phi) is 1.95. The minimum atomic E-state index is 0.540. The lowest BCUT2D eigenvalue weighted by Gasteiger charge is -1.92. The van der Waals surface area contributed by atoms with Crippen molar-refractivity contribution < 1.29 is 4.74 Å². The highest BCUT2D eigenvalue weighted by Gasteiger charge is 2.09. The van der Waals surface area contributed by atoms with Crippen LogP contribution in [0.2, 0.25) is 0 Å². The van der Waals surface area contributed by atoms with E-state index in [1.165, 1.54) is 0 Å². The Balaban J connectivity index is 2.73. The second-order valence-electron chi connectivity index (χ2n) is 2.51. The van der Waals surface area contributed by atoms with Crippen molar-refractivity contribution in [1.29, 1.82) is 5.26 Å². The van der Waals surface area contributed by atoms with Gasteiger partial charge in [-0.25, -0.2) is 0 Å². The van der Waals surface area contributed by atoms with Gasteiger partial charge in [0, 0.05) is 5.39 Å². The van der Waals surface area contributed by atoms with E-state index in [1.807, 2.05) is 24.3 Å². The summed E-state index contributed by atoms with van der Waals surface area (Å²) in [6.45, 7) is 0. The average Bonchev–Trinajstić information content (AvgIpc) is 2.44. The van der Waals surface area contributed by atoms with E-state index in [0.29, 0.717) is 10.4 Å². The van der Waals surface area contributed by atoms with Crippen molar-refractivity contribution in [2.24, 2.45) is 0 Å². The zero-order valence-corrected chi connectivity index (χ0v) is 8.13. The van der Waals surface area contributed by atoms with Crippen LogP contribution in [0.15, 0.2) is 28.9 Å². The van der Waals surface area contributed by atoms with Crippen LogP contribution in [0.1, 0.15) is 0 Å². The van der Waals surface area contributed by atoms with Gasteiger partial charge in [0.1, 0.15) is 4.60 Å². The van der Waals surface area contributed by atoms with Gasteiger partial charge in [0.25, 0.3) is 6.26 Å². The summed E-state index contributed by atoms with van der Waals surface area (Å²) in [5.41, 5.74) is 0.944. The van der Waals surface area contributed by atoms with Gasteiger partial charge in [-0.15, -0.1) is 5.26 Å². The number of para-hydroxylation sites is 1. The summed E-state index contributed by atoms with van der Waals surface area (Å²) in [4.78, 5) is 3.05. The Morgan fingerprint density at radius 1 is 1.38 bits per heavy atom. The van der Waals surface area contributed by atoms with Crippen LogP contribution < -0.4 is 4.74 Å². The molecule has 0 aliphatic carbocycles. The van der Waals surface area contributed by atoms with Gasteiger partial charge in [-0.1, -0.05) is 12.1 Å². The largest absolute Gasteiger partial charge is 0.384 e. The fourth-order valence-corrected chi connectivity index (χ4v) is 1.74. The molecular weight excluding hydrogens is 232 g/mol. The van der Waals surface area contributed by atoms with Gasteiger partial charge in [-0.2, -0.15) is 0 Å². The van der Waals surface area contributed by atoms with Gasteiger partial charge in [-0.3, -0.25) is 0 Å². The SMILES string of the molecule is N#COc1c(Br)[nH]c2ccccc12. The molecule has 1 N–H and O–H groups in total. The predicted octanol–water partition coefficient (Wildman–Crippen LogP) is 2.79. The first-order valence-corrected chi connectivity index (χ1v) is 4.44. The molecule has 2 aromatic rings. The van der Waals surface area contributed by atoms with Crippen molar-refractivity contribution in [1.82, 2.24) is 4.98 Å². The maximum absolute atomic E-state index is 8.42. The van der Waals surface area contributed by atoms with E-state index in [9.17, 15) is 0 Å². The third kappa shape index (κ3) is 1.27. The number of nitriles is 1. The second kappa shape index (κ2) is 3.11. The van der Waals surface area contributed by atoms with E-state index in [1.54, 1.807) is 6.26 Å². The fourth-order valence-electron chi connectivity index (χ4n) is 1.23. The first-order valence-electron chi connectivity index (χ1n) is 3.65. The van der Waals surface area contributed by atoms with Crippen LogP contribution in [0.25, 0.3) is 10.9 Å². The molecule has 0 amide bonds. The first-order chi connectivity index (χ1) is 6.33. The number of nitrogens with one attached hydrogen (secondary N) is 1. The standard InChI is InChI=1S/C9H5BrN2O/c10-9-8(13-5-11)6-3-1-2-4-7(6)12-9/h1-4,12H. The molecule has 13 heavy (non-hydrogen) atoms. The van der Waals surface area contributed by atoms with E-state index >= 15 is 0 Å². The number of aromatic amines is 1. The van der Waals surface area contributed by atoms with Crippen molar-refractivity contribution in [3.63, 3.8) is 0 Å². The van der Waals surface area contributed by atoms with E-state index in [0.717, 1.165) is 10.9 Å². The van der Waals surface area contributed by atoms with E-state index in [2.05, 4.69) is 20.9 Å². The summed E-state index contributed by atoms with van der Waals surface area (Å²) in [5.74, 6) is 0.540. The minimum absolute atomic E-state index is 0.540. The molecule has 1 aromatic heterocycles. The van der Waals surface area contributed by atoms with Gasteiger partial charge < -0.3 is 9.72 Å². The molecule has 1 heterocycles. The van der Waals surface area contributed by atoms with Gasteiger partial charge in [0.15, 0.2) is 5.75 Å². The molecule has 0 unspecified atom stereocenters. The highest BCUT2D eigenvalue weighted by atomic mass is 79.9. The molecule has 4 heteroatoms. The lowest BCUT2D eigenvalue weighted by atomic mass is 10.2. The third-order valence-corrected chi connectivity index (χ3v) is 2.32. The molecule has 0 fully saturated rings. The molecule has 64 valence electrons. The van der Waals surface area contributed by atoms with E-state index in [-0.39, 0.29) is 0 Å². The van der Waals surface area contributed by atoms with Gasteiger partial charge in [0.2, 0.25) is 0 Å². The van der Waals surface area contributed by atoms with E-state index < -0.39 is 0 Å². The van der Waals surface area contributed by atoms with Crippen LogP contribution in [0.3, 0.4) is 0 Å². The van der Waals surface area contributed by atoms with Crippen LogP contribution in [-0.4, -0.2) is 4.98 Å². The maximum atomic E-state index is 8.42. The Morgan fingerprint density at radius 2 is 2.15 bits per heavy atom. The zero-order valence-electron chi connectivity index (χ0n) is 6.54. The zero-order chi connectivity index (χ0) is 9.26. The number of aromatic nitrogens is 1. The molecule has 0 atom stereocenters. The Labute approximate surface area is 83.1 Å². The molecule has 0 radical (unpaired) electrons. The molecule has 2 rings (SSSR count). The molecule has 0 saturated carbocycles. The Morgan fingerprint density at radius 3 is 2.92 bits per heavy atom. The molecule has 0 saturated heterocycles.